The molecule has 3 N–H and O–H groups in total. The summed E-state index contributed by atoms with van der Waals surface area (Å²) < 4.78 is 28.6. The lowest BCUT2D eigenvalue weighted by atomic mass is 10.2. The molecule has 8 heteroatoms. The predicted octanol–water partition coefficient (Wildman–Crippen LogP) is 2.16. The first-order chi connectivity index (χ1) is 9.40. The van der Waals surface area contributed by atoms with Gasteiger partial charge in [0.1, 0.15) is 6.61 Å². The van der Waals surface area contributed by atoms with Gasteiger partial charge in [0.15, 0.2) is 0 Å². The number of hydrogen-bond donors (Lipinski definition) is 2. The second kappa shape index (κ2) is 6.43. The van der Waals surface area contributed by atoms with Crippen LogP contribution in [-0.4, -0.2) is 26.5 Å². The lowest BCUT2D eigenvalue weighted by Crippen LogP contribution is -2.27. The van der Waals surface area contributed by atoms with Gasteiger partial charge in [0.25, 0.3) is 0 Å². The van der Waals surface area contributed by atoms with Crippen molar-refractivity contribution in [2.45, 2.75) is 38.2 Å². The van der Waals surface area contributed by atoms with Gasteiger partial charge < -0.3 is 10.1 Å². The molecule has 1 amide bonds. The molecule has 0 saturated carbocycles. The molecule has 0 aliphatic carbocycles. The molecule has 0 heterocycles. The van der Waals surface area contributed by atoms with Crippen LogP contribution in [-0.2, 0) is 19.6 Å². The van der Waals surface area contributed by atoms with E-state index in [1.54, 1.807) is 13.0 Å². The van der Waals surface area contributed by atoms with Crippen molar-refractivity contribution in [1.29, 1.82) is 0 Å². The van der Waals surface area contributed by atoms with Gasteiger partial charge >= 0.3 is 0 Å². The van der Waals surface area contributed by atoms with Crippen LogP contribution in [0.2, 0.25) is 0 Å². The van der Waals surface area contributed by atoms with Crippen LogP contribution in [0.15, 0.2) is 21.5 Å². The Morgan fingerprint density at radius 2 is 1.95 bits per heavy atom. The maximum atomic E-state index is 11.8. The fourth-order valence-electron chi connectivity index (χ4n) is 1.53. The third-order valence-electron chi connectivity index (χ3n) is 2.48. The van der Waals surface area contributed by atoms with Crippen LogP contribution in [0.3, 0.4) is 0 Å². The van der Waals surface area contributed by atoms with Gasteiger partial charge in [0.2, 0.25) is 15.9 Å². The summed E-state index contributed by atoms with van der Waals surface area (Å²) in [6.07, 6.45) is 0. The van der Waals surface area contributed by atoms with E-state index in [0.717, 1.165) is 0 Å². The van der Waals surface area contributed by atoms with Crippen molar-refractivity contribution in [3.8, 4) is 0 Å². The number of ether oxygens (including phenoxy) is 1. The molecule has 6 nitrogen and oxygen atoms in total. The molecule has 0 spiro atoms. The third kappa shape index (κ3) is 5.74. The minimum Gasteiger partial charge on any atom is -0.366 e. The fraction of sp³-hybridized carbons (Fsp3) is 0.462. The van der Waals surface area contributed by atoms with E-state index in [1.807, 2.05) is 20.8 Å². The summed E-state index contributed by atoms with van der Waals surface area (Å²) in [6.45, 7) is 7.06. The standard InChI is InChI=1S/C13H19BrN2O4S/c1-8-5-10(9(14)6-11(8)21(15,18)19)16-12(17)7-20-13(2,3)4/h5-6H,7H2,1-4H3,(H,16,17)(H2,15,18,19). The molecule has 0 radical (unpaired) electrons. The Balaban J connectivity index is 2.91. The molecule has 0 atom stereocenters. The second-order valence-corrected chi connectivity index (χ2v) is 7.98. The third-order valence-corrected chi connectivity index (χ3v) is 4.19. The average Bonchev–Trinajstić information content (AvgIpc) is 2.28. The average molecular weight is 379 g/mol. The summed E-state index contributed by atoms with van der Waals surface area (Å²) in [5.74, 6) is -0.326. The Bertz CT molecular complexity index is 651. The zero-order chi connectivity index (χ0) is 16.4. The van der Waals surface area contributed by atoms with E-state index >= 15 is 0 Å². The molecule has 118 valence electrons. The highest BCUT2D eigenvalue weighted by atomic mass is 79.9. The summed E-state index contributed by atoms with van der Waals surface area (Å²) in [4.78, 5) is 11.8. The number of aryl methyl sites for hydroxylation is 1. The fourth-order valence-corrected chi connectivity index (χ4v) is 2.92. The summed E-state index contributed by atoms with van der Waals surface area (Å²) >= 11 is 3.22. The van der Waals surface area contributed by atoms with Crippen molar-refractivity contribution in [2.24, 2.45) is 5.14 Å². The molecule has 0 bridgehead atoms. The Hall–Kier alpha value is -0.960. The van der Waals surface area contributed by atoms with Crippen LogP contribution in [0.5, 0.6) is 0 Å². The summed E-state index contributed by atoms with van der Waals surface area (Å²) in [7, 11) is -3.80. The van der Waals surface area contributed by atoms with Crippen LogP contribution >= 0.6 is 15.9 Å². The molecule has 0 saturated heterocycles. The van der Waals surface area contributed by atoms with Crippen molar-refractivity contribution in [3.05, 3.63) is 22.2 Å². The van der Waals surface area contributed by atoms with Crippen molar-refractivity contribution in [3.63, 3.8) is 0 Å². The molecule has 0 aliphatic heterocycles. The predicted molar refractivity (Wildman–Crippen MR) is 84.6 cm³/mol. The molecule has 21 heavy (non-hydrogen) atoms. The lowest BCUT2D eigenvalue weighted by molar-refractivity contribution is -0.125. The molecule has 0 aliphatic rings. The molecule has 0 fully saturated rings. The number of hydrogen-bond acceptors (Lipinski definition) is 4. The normalized spacial score (nSPS) is 12.3. The number of anilines is 1. The summed E-state index contributed by atoms with van der Waals surface area (Å²) in [5, 5.41) is 7.77. The first kappa shape index (κ1) is 18.1. The van der Waals surface area contributed by atoms with Gasteiger partial charge in [-0.3, -0.25) is 4.79 Å². The van der Waals surface area contributed by atoms with Crippen molar-refractivity contribution < 1.29 is 17.9 Å². The summed E-state index contributed by atoms with van der Waals surface area (Å²) in [6, 6.07) is 2.91. The van der Waals surface area contributed by atoms with Crippen molar-refractivity contribution in [1.82, 2.24) is 0 Å². The molecule has 1 aromatic carbocycles. The zero-order valence-corrected chi connectivity index (χ0v) is 14.8. The molecular weight excluding hydrogens is 360 g/mol. The first-order valence-corrected chi connectivity index (χ1v) is 8.51. The molecule has 1 aromatic rings. The monoisotopic (exact) mass is 378 g/mol. The largest absolute Gasteiger partial charge is 0.366 e. The second-order valence-electron chi connectivity index (χ2n) is 5.59. The number of nitrogens with two attached hydrogens (primary N) is 1. The van der Waals surface area contributed by atoms with Crippen LogP contribution in [0.1, 0.15) is 26.3 Å². The number of halogens is 1. The molecule has 0 unspecified atom stereocenters. The highest BCUT2D eigenvalue weighted by molar-refractivity contribution is 9.10. The smallest absolute Gasteiger partial charge is 0.250 e. The quantitative estimate of drug-likeness (QED) is 0.838. The number of sulfonamides is 1. The van der Waals surface area contributed by atoms with Gasteiger partial charge in [-0.05, 0) is 61.3 Å². The van der Waals surface area contributed by atoms with Gasteiger partial charge in [-0.2, -0.15) is 0 Å². The number of amides is 1. The van der Waals surface area contributed by atoms with Gasteiger partial charge in [0.05, 0.1) is 16.2 Å². The number of nitrogens with one attached hydrogen (secondary N) is 1. The van der Waals surface area contributed by atoms with E-state index in [-0.39, 0.29) is 17.4 Å². The zero-order valence-electron chi connectivity index (χ0n) is 12.4. The maximum Gasteiger partial charge on any atom is 0.250 e. The summed E-state index contributed by atoms with van der Waals surface area (Å²) in [5.41, 5.74) is 0.497. The highest BCUT2D eigenvalue weighted by Crippen LogP contribution is 2.28. The SMILES string of the molecule is Cc1cc(NC(=O)COC(C)(C)C)c(Br)cc1S(N)(=O)=O. The van der Waals surface area contributed by atoms with Crippen LogP contribution in [0.4, 0.5) is 5.69 Å². The van der Waals surface area contributed by atoms with Gasteiger partial charge in [0, 0.05) is 4.47 Å². The Morgan fingerprint density at radius 3 is 2.43 bits per heavy atom. The van der Waals surface area contributed by atoms with E-state index < -0.39 is 15.6 Å². The van der Waals surface area contributed by atoms with E-state index in [0.29, 0.717) is 15.7 Å². The van der Waals surface area contributed by atoms with Crippen LogP contribution < -0.4 is 10.5 Å². The Kier molecular flexibility index (Phi) is 5.54. The molecular formula is C13H19BrN2O4S. The highest BCUT2D eigenvalue weighted by Gasteiger charge is 2.17. The number of benzene rings is 1. The molecule has 1 rings (SSSR count). The van der Waals surface area contributed by atoms with Crippen molar-refractivity contribution >= 4 is 37.5 Å². The van der Waals surface area contributed by atoms with Gasteiger partial charge in [-0.15, -0.1) is 0 Å². The van der Waals surface area contributed by atoms with Crippen LogP contribution in [0, 0.1) is 6.92 Å². The minimum atomic E-state index is -3.80. The number of carbonyl (C=O) groups is 1. The van der Waals surface area contributed by atoms with E-state index in [1.165, 1.54) is 6.07 Å². The van der Waals surface area contributed by atoms with Gasteiger partial charge in [-0.1, -0.05) is 0 Å². The lowest BCUT2D eigenvalue weighted by Gasteiger charge is -2.19. The van der Waals surface area contributed by atoms with E-state index in [9.17, 15) is 13.2 Å². The van der Waals surface area contributed by atoms with Crippen LogP contribution in [0.25, 0.3) is 0 Å². The van der Waals surface area contributed by atoms with Crippen molar-refractivity contribution in [2.75, 3.05) is 11.9 Å². The number of primary sulfonamides is 1. The van der Waals surface area contributed by atoms with E-state index in [2.05, 4.69) is 21.2 Å². The first-order valence-electron chi connectivity index (χ1n) is 6.17. The Morgan fingerprint density at radius 1 is 1.38 bits per heavy atom. The minimum absolute atomic E-state index is 0.0123. The maximum absolute atomic E-state index is 11.8. The number of carbonyl (C=O) groups excluding carboxylic acids is 1. The Labute approximate surface area is 133 Å². The van der Waals surface area contributed by atoms with E-state index in [4.69, 9.17) is 9.88 Å². The topological polar surface area (TPSA) is 98.5 Å². The molecule has 0 aromatic heterocycles. The van der Waals surface area contributed by atoms with Gasteiger partial charge in [-0.25, -0.2) is 13.6 Å². The number of rotatable bonds is 4.